The predicted molar refractivity (Wildman–Crippen MR) is 133 cm³/mol. The number of fused-ring (bicyclic) bond motifs is 3. The van der Waals surface area contributed by atoms with Crippen molar-refractivity contribution in [3.8, 4) is 11.1 Å². The number of nitrogens with one attached hydrogen (secondary N) is 1. The molecule has 1 aliphatic carbocycles. The second-order valence-corrected chi connectivity index (χ2v) is 10.1. The van der Waals surface area contributed by atoms with E-state index in [9.17, 15) is 9.59 Å². The lowest BCUT2D eigenvalue weighted by atomic mass is 9.98. The summed E-state index contributed by atoms with van der Waals surface area (Å²) in [6, 6.07) is 19.0. The zero-order chi connectivity index (χ0) is 24.3. The monoisotopic (exact) mass is 522 g/mol. The quantitative estimate of drug-likeness (QED) is 0.335. The molecular formula is C27H27BrN2O4. The van der Waals surface area contributed by atoms with Gasteiger partial charge in [0.15, 0.2) is 0 Å². The minimum Gasteiger partial charge on any atom is -0.458 e. The minimum absolute atomic E-state index is 0.0613. The highest BCUT2D eigenvalue weighted by Crippen LogP contribution is 2.44. The molecule has 1 heterocycles. The number of nitrogens with zero attached hydrogens (tertiary/aromatic N) is 1. The highest BCUT2D eigenvalue weighted by atomic mass is 79.9. The number of hydrogen-bond acceptors (Lipinski definition) is 5. The van der Waals surface area contributed by atoms with Gasteiger partial charge in [0.25, 0.3) is 0 Å². The van der Waals surface area contributed by atoms with E-state index in [4.69, 9.17) is 9.47 Å². The number of pyridine rings is 1. The highest BCUT2D eigenvalue weighted by Gasteiger charge is 2.31. The summed E-state index contributed by atoms with van der Waals surface area (Å²) in [6.45, 7) is 5.53. The Hall–Kier alpha value is -3.19. The van der Waals surface area contributed by atoms with Crippen molar-refractivity contribution in [2.24, 2.45) is 0 Å². The van der Waals surface area contributed by atoms with Crippen molar-refractivity contribution in [3.63, 3.8) is 0 Å². The fraction of sp³-hybridized carbons (Fsp3) is 0.296. The molecule has 34 heavy (non-hydrogen) atoms. The molecule has 176 valence electrons. The molecule has 7 heteroatoms. The normalized spacial score (nSPS) is 13.5. The maximum atomic E-state index is 12.8. The maximum Gasteiger partial charge on any atom is 0.407 e. The van der Waals surface area contributed by atoms with Crippen LogP contribution in [0.5, 0.6) is 0 Å². The summed E-state index contributed by atoms with van der Waals surface area (Å²) in [7, 11) is 0. The molecule has 1 amide bonds. The summed E-state index contributed by atoms with van der Waals surface area (Å²) in [5.74, 6) is -0.585. The van der Waals surface area contributed by atoms with Gasteiger partial charge in [-0.25, -0.2) is 14.6 Å². The first-order valence-corrected chi connectivity index (χ1v) is 12.0. The Morgan fingerprint density at radius 2 is 1.62 bits per heavy atom. The van der Waals surface area contributed by atoms with E-state index in [2.05, 4.69) is 50.5 Å². The van der Waals surface area contributed by atoms with E-state index in [1.807, 2.05) is 30.3 Å². The van der Waals surface area contributed by atoms with Crippen molar-refractivity contribution < 1.29 is 19.1 Å². The van der Waals surface area contributed by atoms with Gasteiger partial charge >= 0.3 is 12.1 Å². The first-order valence-electron chi connectivity index (χ1n) is 11.2. The number of ether oxygens (including phenoxy) is 2. The molecule has 6 nitrogen and oxygen atoms in total. The molecule has 0 radical (unpaired) electrons. The summed E-state index contributed by atoms with van der Waals surface area (Å²) in [6.07, 6.45) is 1.23. The molecule has 1 unspecified atom stereocenters. The molecule has 2 aromatic carbocycles. The van der Waals surface area contributed by atoms with Crippen LogP contribution in [0.15, 0.2) is 71.5 Å². The molecule has 0 bridgehead atoms. The maximum absolute atomic E-state index is 12.8. The van der Waals surface area contributed by atoms with E-state index in [1.165, 1.54) is 0 Å². The fourth-order valence-electron chi connectivity index (χ4n) is 4.11. The molecule has 0 saturated carbocycles. The molecule has 0 spiro atoms. The van der Waals surface area contributed by atoms with Crippen LogP contribution in [-0.4, -0.2) is 35.3 Å². The SMILES string of the molecule is CC(C)(C)OC(=O)C(Cc1ccc(Br)nc1)NC(=O)OCC1c2ccccc2-c2ccccc21. The average Bonchev–Trinajstić information content (AvgIpc) is 3.11. The van der Waals surface area contributed by atoms with E-state index in [1.54, 1.807) is 33.0 Å². The van der Waals surface area contributed by atoms with Gasteiger partial charge in [-0.15, -0.1) is 0 Å². The van der Waals surface area contributed by atoms with Gasteiger partial charge < -0.3 is 14.8 Å². The molecular weight excluding hydrogens is 496 g/mol. The Bertz CT molecular complexity index is 1140. The topological polar surface area (TPSA) is 77.5 Å². The standard InChI is InChI=1S/C27H27BrN2O4/c1-27(2,3)34-25(31)23(14-17-12-13-24(28)29-15-17)30-26(32)33-16-22-20-10-6-4-8-18(20)19-9-5-7-11-21(19)22/h4-13,15,22-23H,14,16H2,1-3H3,(H,30,32). The molecule has 1 N–H and O–H groups in total. The third-order valence-corrected chi connectivity index (χ3v) is 6.02. The summed E-state index contributed by atoms with van der Waals surface area (Å²) in [5.41, 5.74) is 4.67. The molecule has 1 aliphatic rings. The molecule has 1 atom stereocenters. The Labute approximate surface area is 207 Å². The van der Waals surface area contributed by atoms with Gasteiger partial charge in [-0.05, 0) is 70.6 Å². The predicted octanol–water partition coefficient (Wildman–Crippen LogP) is 5.64. The smallest absolute Gasteiger partial charge is 0.407 e. The van der Waals surface area contributed by atoms with E-state index in [-0.39, 0.29) is 18.9 Å². The number of benzene rings is 2. The van der Waals surface area contributed by atoms with E-state index in [0.29, 0.717) is 4.60 Å². The number of aromatic nitrogens is 1. The zero-order valence-electron chi connectivity index (χ0n) is 19.4. The molecule has 0 aliphatic heterocycles. The number of hydrogen-bond donors (Lipinski definition) is 1. The fourth-order valence-corrected chi connectivity index (χ4v) is 4.35. The number of carbonyl (C=O) groups excluding carboxylic acids is 2. The third-order valence-electron chi connectivity index (χ3n) is 5.56. The van der Waals surface area contributed by atoms with Crippen molar-refractivity contribution in [1.82, 2.24) is 10.3 Å². The number of rotatable bonds is 6. The minimum atomic E-state index is -0.905. The van der Waals surface area contributed by atoms with E-state index >= 15 is 0 Å². The molecule has 4 rings (SSSR count). The molecule has 1 aromatic heterocycles. The number of alkyl carbamates (subject to hydrolysis) is 1. The van der Waals surface area contributed by atoms with Crippen LogP contribution in [0.3, 0.4) is 0 Å². The number of amides is 1. The largest absolute Gasteiger partial charge is 0.458 e. The van der Waals surface area contributed by atoms with Crippen LogP contribution in [0.1, 0.15) is 43.4 Å². The van der Waals surface area contributed by atoms with E-state index in [0.717, 1.165) is 27.8 Å². The van der Waals surface area contributed by atoms with Crippen LogP contribution < -0.4 is 5.32 Å². The number of carbonyl (C=O) groups is 2. The number of esters is 1. The summed E-state index contributed by atoms with van der Waals surface area (Å²) in [5, 5.41) is 2.70. The van der Waals surface area contributed by atoms with Crippen LogP contribution in [0.2, 0.25) is 0 Å². The first kappa shape index (κ1) is 24.0. The van der Waals surface area contributed by atoms with Gasteiger partial charge in [0, 0.05) is 18.5 Å². The van der Waals surface area contributed by atoms with Gasteiger partial charge in [0.05, 0.1) is 0 Å². The van der Waals surface area contributed by atoms with Crippen LogP contribution in [0.4, 0.5) is 4.79 Å². The van der Waals surface area contributed by atoms with Crippen LogP contribution in [-0.2, 0) is 20.7 Å². The van der Waals surface area contributed by atoms with Gasteiger partial charge in [-0.2, -0.15) is 0 Å². The Balaban J connectivity index is 1.46. The zero-order valence-corrected chi connectivity index (χ0v) is 21.0. The second-order valence-electron chi connectivity index (χ2n) is 9.25. The van der Waals surface area contributed by atoms with Gasteiger partial charge in [-0.1, -0.05) is 54.6 Å². The third kappa shape index (κ3) is 5.65. The molecule has 0 saturated heterocycles. The summed E-state index contributed by atoms with van der Waals surface area (Å²) >= 11 is 3.30. The van der Waals surface area contributed by atoms with Crippen molar-refractivity contribution in [2.45, 2.75) is 44.8 Å². The highest BCUT2D eigenvalue weighted by molar-refractivity contribution is 9.10. The van der Waals surface area contributed by atoms with Gasteiger partial charge in [0.1, 0.15) is 22.9 Å². The van der Waals surface area contributed by atoms with Crippen LogP contribution in [0.25, 0.3) is 11.1 Å². The van der Waals surface area contributed by atoms with Crippen molar-refractivity contribution >= 4 is 28.0 Å². The van der Waals surface area contributed by atoms with Crippen molar-refractivity contribution in [2.75, 3.05) is 6.61 Å². The molecule has 3 aromatic rings. The van der Waals surface area contributed by atoms with Gasteiger partial charge in [-0.3, -0.25) is 0 Å². The second kappa shape index (κ2) is 9.97. The van der Waals surface area contributed by atoms with E-state index < -0.39 is 23.7 Å². The van der Waals surface area contributed by atoms with Crippen LogP contribution >= 0.6 is 15.9 Å². The van der Waals surface area contributed by atoms with Crippen molar-refractivity contribution in [1.29, 1.82) is 0 Å². The Morgan fingerprint density at radius 1 is 1.00 bits per heavy atom. The lowest BCUT2D eigenvalue weighted by molar-refractivity contribution is -0.157. The van der Waals surface area contributed by atoms with Crippen LogP contribution in [0, 0.1) is 0 Å². The summed E-state index contributed by atoms with van der Waals surface area (Å²) < 4.78 is 11.8. The lowest BCUT2D eigenvalue weighted by Gasteiger charge is -2.24. The first-order chi connectivity index (χ1) is 16.2. The van der Waals surface area contributed by atoms with Gasteiger partial charge in [0.2, 0.25) is 0 Å². The average molecular weight is 523 g/mol. The summed E-state index contributed by atoms with van der Waals surface area (Å²) in [4.78, 5) is 29.8. The Kier molecular flexibility index (Phi) is 7.03. The molecule has 0 fully saturated rings. The van der Waals surface area contributed by atoms with Crippen molar-refractivity contribution in [3.05, 3.63) is 88.2 Å². The lowest BCUT2D eigenvalue weighted by Crippen LogP contribution is -2.46. The number of halogens is 1. The Morgan fingerprint density at radius 3 is 2.18 bits per heavy atom.